The second kappa shape index (κ2) is 11.5. The van der Waals surface area contributed by atoms with Gasteiger partial charge >= 0.3 is 0 Å². The van der Waals surface area contributed by atoms with E-state index >= 15 is 0 Å². The highest BCUT2D eigenvalue weighted by Gasteiger charge is 2.24. The molecule has 1 fully saturated rings. The Balaban J connectivity index is 1.42. The van der Waals surface area contributed by atoms with Gasteiger partial charge in [-0.25, -0.2) is 8.42 Å². The molecule has 0 unspecified atom stereocenters. The number of sulfonamides is 1. The summed E-state index contributed by atoms with van der Waals surface area (Å²) in [6.07, 6.45) is 0.934. The van der Waals surface area contributed by atoms with Crippen LogP contribution in [0.1, 0.15) is 22.8 Å². The summed E-state index contributed by atoms with van der Waals surface area (Å²) in [7, 11) is -3.81. The highest BCUT2D eigenvalue weighted by atomic mass is 32.2. The van der Waals surface area contributed by atoms with Crippen molar-refractivity contribution in [3.63, 3.8) is 0 Å². The van der Waals surface area contributed by atoms with Gasteiger partial charge in [-0.2, -0.15) is 0 Å². The van der Waals surface area contributed by atoms with Crippen LogP contribution in [0.25, 0.3) is 0 Å². The second-order valence-electron chi connectivity index (χ2n) is 8.39. The molecule has 35 heavy (non-hydrogen) atoms. The molecule has 4 rings (SSSR count). The Kier molecular flexibility index (Phi) is 8.17. The van der Waals surface area contributed by atoms with Crippen LogP contribution in [0, 0.1) is 0 Å². The Morgan fingerprint density at radius 2 is 1.69 bits per heavy atom. The molecule has 8 heteroatoms. The first-order valence-electron chi connectivity index (χ1n) is 11.9. The Hall–Kier alpha value is -3.20. The molecular formula is C27H31N3O4S. The van der Waals surface area contributed by atoms with Crippen molar-refractivity contribution in [2.45, 2.75) is 18.2 Å². The highest BCUT2D eigenvalue weighted by molar-refractivity contribution is 7.92. The molecule has 7 nitrogen and oxygen atoms in total. The van der Waals surface area contributed by atoms with E-state index in [0.717, 1.165) is 39.3 Å². The number of carbonyl (C=O) groups excluding carboxylic acids is 1. The lowest BCUT2D eigenvalue weighted by Crippen LogP contribution is -2.37. The number of anilines is 2. The zero-order chi connectivity index (χ0) is 24.7. The molecule has 1 saturated heterocycles. The molecule has 1 N–H and O–H groups in total. The number of nitrogens with one attached hydrogen (secondary N) is 1. The van der Waals surface area contributed by atoms with Crippen LogP contribution in [0.5, 0.6) is 0 Å². The van der Waals surface area contributed by atoms with Gasteiger partial charge in [-0.3, -0.25) is 14.0 Å². The molecule has 0 atom stereocenters. The molecule has 0 radical (unpaired) electrons. The van der Waals surface area contributed by atoms with Crippen molar-refractivity contribution >= 4 is 27.3 Å². The summed E-state index contributed by atoms with van der Waals surface area (Å²) in [6.45, 7) is 6.54. The molecule has 1 heterocycles. The highest BCUT2D eigenvalue weighted by Crippen LogP contribution is 2.24. The summed E-state index contributed by atoms with van der Waals surface area (Å²) in [5.74, 6) is -0.356. The monoisotopic (exact) mass is 493 g/mol. The predicted molar refractivity (Wildman–Crippen MR) is 138 cm³/mol. The quantitative estimate of drug-likeness (QED) is 0.487. The van der Waals surface area contributed by atoms with Crippen molar-refractivity contribution in [3.8, 4) is 0 Å². The van der Waals surface area contributed by atoms with E-state index in [4.69, 9.17) is 4.74 Å². The van der Waals surface area contributed by atoms with Crippen molar-refractivity contribution in [1.82, 2.24) is 4.90 Å². The number of carbonyl (C=O) groups is 1. The topological polar surface area (TPSA) is 79.0 Å². The minimum absolute atomic E-state index is 0.0781. The smallest absolute Gasteiger partial charge is 0.264 e. The number of hydrogen-bond acceptors (Lipinski definition) is 5. The number of para-hydroxylation sites is 1. The zero-order valence-corrected chi connectivity index (χ0v) is 20.7. The van der Waals surface area contributed by atoms with E-state index in [1.54, 1.807) is 43.3 Å². The number of amides is 1. The van der Waals surface area contributed by atoms with Crippen LogP contribution < -0.4 is 9.62 Å². The van der Waals surface area contributed by atoms with Gasteiger partial charge in [0.25, 0.3) is 15.9 Å². The summed E-state index contributed by atoms with van der Waals surface area (Å²) in [5.41, 5.74) is 2.73. The fraction of sp³-hybridized carbons (Fsp3) is 0.296. The molecule has 0 spiro atoms. The Labute approximate surface area is 207 Å². The predicted octanol–water partition coefficient (Wildman–Crippen LogP) is 4.03. The molecule has 3 aromatic carbocycles. The lowest BCUT2D eigenvalue weighted by atomic mass is 10.1. The van der Waals surface area contributed by atoms with Gasteiger partial charge in [0.15, 0.2) is 0 Å². The van der Waals surface area contributed by atoms with Crippen molar-refractivity contribution in [2.24, 2.45) is 0 Å². The van der Waals surface area contributed by atoms with Crippen LogP contribution in [0.4, 0.5) is 11.4 Å². The Bertz CT molecular complexity index is 1220. The third-order valence-electron chi connectivity index (χ3n) is 6.05. The maximum absolute atomic E-state index is 13.3. The van der Waals surface area contributed by atoms with E-state index in [2.05, 4.69) is 10.2 Å². The van der Waals surface area contributed by atoms with Crippen molar-refractivity contribution in [3.05, 3.63) is 90.0 Å². The van der Waals surface area contributed by atoms with Crippen LogP contribution >= 0.6 is 0 Å². The number of nitrogens with zero attached hydrogens (tertiary/aromatic N) is 2. The molecule has 1 aliphatic rings. The number of morpholine rings is 1. The third-order valence-corrected chi connectivity index (χ3v) is 7.95. The molecular weight excluding hydrogens is 462 g/mol. The average Bonchev–Trinajstić information content (AvgIpc) is 2.90. The van der Waals surface area contributed by atoms with E-state index < -0.39 is 10.0 Å². The molecule has 1 aliphatic heterocycles. The summed E-state index contributed by atoms with van der Waals surface area (Å²) < 4.78 is 33.3. The van der Waals surface area contributed by atoms with Crippen LogP contribution in [-0.4, -0.2) is 58.6 Å². The van der Waals surface area contributed by atoms with Crippen LogP contribution in [0.2, 0.25) is 0 Å². The van der Waals surface area contributed by atoms with E-state index in [0.29, 0.717) is 11.4 Å². The van der Waals surface area contributed by atoms with Gasteiger partial charge < -0.3 is 10.1 Å². The lowest BCUT2D eigenvalue weighted by Gasteiger charge is -2.26. The van der Waals surface area contributed by atoms with Crippen LogP contribution in [0.3, 0.4) is 0 Å². The minimum atomic E-state index is -3.81. The number of benzene rings is 3. The first-order chi connectivity index (χ1) is 17.0. The van der Waals surface area contributed by atoms with Crippen molar-refractivity contribution < 1.29 is 17.9 Å². The Morgan fingerprint density at radius 1 is 0.971 bits per heavy atom. The fourth-order valence-electron chi connectivity index (χ4n) is 4.08. The molecule has 0 bridgehead atoms. The number of rotatable bonds is 9. The molecule has 0 saturated carbocycles. The van der Waals surface area contributed by atoms with Gasteiger partial charge in [-0.1, -0.05) is 36.4 Å². The third kappa shape index (κ3) is 6.28. The van der Waals surface area contributed by atoms with Crippen LogP contribution in [0.15, 0.2) is 83.8 Å². The number of hydrogen-bond donors (Lipinski definition) is 1. The minimum Gasteiger partial charge on any atom is -0.379 e. The summed E-state index contributed by atoms with van der Waals surface area (Å²) >= 11 is 0. The summed E-state index contributed by atoms with van der Waals surface area (Å²) in [6, 6.07) is 22.9. The molecule has 184 valence electrons. The van der Waals surface area contributed by atoms with E-state index in [1.165, 1.54) is 22.0 Å². The lowest BCUT2D eigenvalue weighted by molar-refractivity contribution is 0.0384. The van der Waals surface area contributed by atoms with E-state index in [-0.39, 0.29) is 22.9 Å². The molecule has 1 amide bonds. The van der Waals surface area contributed by atoms with Gasteiger partial charge in [0.2, 0.25) is 0 Å². The van der Waals surface area contributed by atoms with E-state index in [9.17, 15) is 13.2 Å². The van der Waals surface area contributed by atoms with Gasteiger partial charge in [-0.05, 0) is 61.4 Å². The van der Waals surface area contributed by atoms with Gasteiger partial charge in [0.1, 0.15) is 0 Å². The first kappa shape index (κ1) is 24.9. The summed E-state index contributed by atoms with van der Waals surface area (Å²) in [4.78, 5) is 15.3. The van der Waals surface area contributed by atoms with Gasteiger partial charge in [-0.15, -0.1) is 0 Å². The first-order valence-corrected chi connectivity index (χ1v) is 13.3. The van der Waals surface area contributed by atoms with Crippen LogP contribution in [-0.2, 0) is 21.2 Å². The van der Waals surface area contributed by atoms with Gasteiger partial charge in [0.05, 0.1) is 23.8 Å². The standard InChI is InChI=1S/C27H31N3O4S/c1-2-30(25-8-4-3-5-9-25)35(32,33)26-10-6-7-23(21-26)27(31)28-24-13-11-22(12-14-24)15-16-29-17-19-34-20-18-29/h3-14,21H,2,15-20H2,1H3,(H,28,31). The fourth-order valence-corrected chi connectivity index (χ4v) is 5.60. The SMILES string of the molecule is CCN(c1ccccc1)S(=O)(=O)c1cccc(C(=O)Nc2ccc(CCN3CCOCC3)cc2)c1. The maximum Gasteiger partial charge on any atom is 0.264 e. The molecule has 0 aliphatic carbocycles. The normalized spacial score (nSPS) is 14.4. The zero-order valence-electron chi connectivity index (χ0n) is 19.9. The van der Waals surface area contributed by atoms with Gasteiger partial charge in [0, 0.05) is 37.4 Å². The summed E-state index contributed by atoms with van der Waals surface area (Å²) in [5, 5.41) is 2.87. The van der Waals surface area contributed by atoms with Crippen molar-refractivity contribution in [2.75, 3.05) is 49.0 Å². The molecule has 3 aromatic rings. The number of ether oxygens (including phenoxy) is 1. The Morgan fingerprint density at radius 3 is 2.37 bits per heavy atom. The largest absolute Gasteiger partial charge is 0.379 e. The molecule has 0 aromatic heterocycles. The second-order valence-corrected chi connectivity index (χ2v) is 10.3. The van der Waals surface area contributed by atoms with Crippen molar-refractivity contribution in [1.29, 1.82) is 0 Å². The average molecular weight is 494 g/mol. The maximum atomic E-state index is 13.3. The van der Waals surface area contributed by atoms with E-state index in [1.807, 2.05) is 30.3 Å².